The van der Waals surface area contributed by atoms with Crippen LogP contribution in [0.1, 0.15) is 29.9 Å². The summed E-state index contributed by atoms with van der Waals surface area (Å²) >= 11 is 0. The van der Waals surface area contributed by atoms with Gasteiger partial charge in [-0.25, -0.2) is 4.79 Å². The molecule has 84 valence electrons. The van der Waals surface area contributed by atoms with Gasteiger partial charge in [0.1, 0.15) is 0 Å². The fraction of sp³-hybridized carbons (Fsp3) is 0.600. The number of methoxy groups -OCH3 is 1. The summed E-state index contributed by atoms with van der Waals surface area (Å²) < 4.78 is 6.17. The number of nitrogens with zero attached hydrogens (tertiary/aromatic N) is 2. The van der Waals surface area contributed by atoms with Crippen LogP contribution in [0.2, 0.25) is 0 Å². The second-order valence-electron chi connectivity index (χ2n) is 4.10. The lowest BCUT2D eigenvalue weighted by Gasteiger charge is -2.20. The molecular formula is C10H16N2O3. The van der Waals surface area contributed by atoms with Gasteiger partial charge in [-0.3, -0.25) is 4.68 Å². The Bertz CT molecular complexity index is 369. The normalized spacial score (nSPS) is 11.5. The van der Waals surface area contributed by atoms with Gasteiger partial charge in [0.15, 0.2) is 5.69 Å². The van der Waals surface area contributed by atoms with Gasteiger partial charge >= 0.3 is 5.97 Å². The SMILES string of the molecule is COC(=O)c1nn(C)cc1C(C)(C)CO. The van der Waals surface area contributed by atoms with Crippen LogP contribution in [0.25, 0.3) is 0 Å². The highest BCUT2D eigenvalue weighted by Gasteiger charge is 2.29. The highest BCUT2D eigenvalue weighted by Crippen LogP contribution is 2.25. The molecule has 1 N–H and O–H groups in total. The Balaban J connectivity index is 3.23. The van der Waals surface area contributed by atoms with Gasteiger partial charge in [-0.05, 0) is 0 Å². The van der Waals surface area contributed by atoms with E-state index < -0.39 is 11.4 Å². The van der Waals surface area contributed by atoms with E-state index in [4.69, 9.17) is 0 Å². The predicted molar refractivity (Wildman–Crippen MR) is 54.7 cm³/mol. The van der Waals surface area contributed by atoms with Crippen molar-refractivity contribution in [3.63, 3.8) is 0 Å². The first kappa shape index (κ1) is 11.7. The fourth-order valence-corrected chi connectivity index (χ4v) is 1.32. The van der Waals surface area contributed by atoms with Gasteiger partial charge in [0.2, 0.25) is 0 Å². The van der Waals surface area contributed by atoms with Crippen LogP contribution in [-0.4, -0.2) is 34.6 Å². The van der Waals surface area contributed by atoms with Gasteiger partial charge < -0.3 is 9.84 Å². The Labute approximate surface area is 88.7 Å². The number of hydrogen-bond acceptors (Lipinski definition) is 4. The summed E-state index contributed by atoms with van der Waals surface area (Å²) in [6.07, 6.45) is 1.72. The van der Waals surface area contributed by atoms with E-state index in [1.54, 1.807) is 17.9 Å². The number of hydrogen-bond donors (Lipinski definition) is 1. The molecule has 0 aliphatic carbocycles. The van der Waals surface area contributed by atoms with E-state index in [9.17, 15) is 9.90 Å². The molecule has 0 fully saturated rings. The second-order valence-corrected chi connectivity index (χ2v) is 4.10. The summed E-state index contributed by atoms with van der Waals surface area (Å²) in [5.74, 6) is -0.480. The first-order chi connectivity index (χ1) is 6.92. The molecule has 0 unspecified atom stereocenters. The van der Waals surface area contributed by atoms with Gasteiger partial charge in [-0.1, -0.05) is 13.8 Å². The van der Waals surface area contributed by atoms with Crippen molar-refractivity contribution in [1.82, 2.24) is 9.78 Å². The maximum Gasteiger partial charge on any atom is 0.358 e. The predicted octanol–water partition coefficient (Wildman–Crippen LogP) is 0.477. The molecule has 0 radical (unpaired) electrons. The Kier molecular flexibility index (Phi) is 3.14. The number of esters is 1. The zero-order valence-electron chi connectivity index (χ0n) is 9.44. The van der Waals surface area contributed by atoms with Crippen molar-refractivity contribution in [3.05, 3.63) is 17.5 Å². The molecule has 0 atom stereocenters. The van der Waals surface area contributed by atoms with E-state index in [0.29, 0.717) is 5.56 Å². The molecule has 1 rings (SSSR count). The molecule has 0 spiro atoms. The van der Waals surface area contributed by atoms with E-state index in [1.807, 2.05) is 13.8 Å². The zero-order valence-corrected chi connectivity index (χ0v) is 9.44. The molecule has 0 aromatic carbocycles. The molecule has 5 heteroatoms. The number of rotatable bonds is 3. The van der Waals surface area contributed by atoms with Crippen LogP contribution < -0.4 is 0 Å². The summed E-state index contributed by atoms with van der Waals surface area (Å²) in [7, 11) is 3.04. The number of aliphatic hydroxyl groups excluding tert-OH is 1. The largest absolute Gasteiger partial charge is 0.464 e. The third kappa shape index (κ3) is 2.18. The third-order valence-corrected chi connectivity index (χ3v) is 2.33. The lowest BCUT2D eigenvalue weighted by atomic mass is 9.86. The van der Waals surface area contributed by atoms with Gasteiger partial charge in [-0.2, -0.15) is 5.10 Å². The van der Waals surface area contributed by atoms with Crippen LogP contribution >= 0.6 is 0 Å². The number of aryl methyl sites for hydroxylation is 1. The minimum absolute atomic E-state index is 0.0529. The Hall–Kier alpha value is -1.36. The lowest BCUT2D eigenvalue weighted by Crippen LogP contribution is -2.24. The van der Waals surface area contributed by atoms with Gasteiger partial charge in [0.05, 0.1) is 13.7 Å². The van der Waals surface area contributed by atoms with Gasteiger partial charge in [-0.15, -0.1) is 0 Å². The van der Waals surface area contributed by atoms with E-state index in [2.05, 4.69) is 9.84 Å². The van der Waals surface area contributed by atoms with Crippen molar-refractivity contribution in [2.75, 3.05) is 13.7 Å². The van der Waals surface area contributed by atoms with Crippen LogP contribution in [0.15, 0.2) is 6.20 Å². The molecule has 0 saturated carbocycles. The minimum Gasteiger partial charge on any atom is -0.464 e. The first-order valence-corrected chi connectivity index (χ1v) is 4.65. The van der Waals surface area contributed by atoms with Crippen molar-refractivity contribution in [2.24, 2.45) is 7.05 Å². The van der Waals surface area contributed by atoms with Crippen LogP contribution in [0.3, 0.4) is 0 Å². The molecule has 1 aromatic heterocycles. The molecule has 1 aromatic rings. The molecule has 0 saturated heterocycles. The number of aliphatic hydroxyl groups is 1. The van der Waals surface area contributed by atoms with Crippen LogP contribution in [0.5, 0.6) is 0 Å². The van der Waals surface area contributed by atoms with Crippen LogP contribution in [0.4, 0.5) is 0 Å². The second kappa shape index (κ2) is 4.02. The maximum atomic E-state index is 11.4. The zero-order chi connectivity index (χ0) is 11.6. The van der Waals surface area contributed by atoms with Crippen molar-refractivity contribution >= 4 is 5.97 Å². The van der Waals surface area contributed by atoms with Crippen molar-refractivity contribution in [1.29, 1.82) is 0 Å². The molecular weight excluding hydrogens is 196 g/mol. The summed E-state index contributed by atoms with van der Waals surface area (Å²) in [5, 5.41) is 13.3. The van der Waals surface area contributed by atoms with Gasteiger partial charge in [0.25, 0.3) is 0 Å². The quantitative estimate of drug-likeness (QED) is 0.740. The first-order valence-electron chi connectivity index (χ1n) is 4.65. The van der Waals surface area contributed by atoms with Crippen molar-refractivity contribution in [2.45, 2.75) is 19.3 Å². The topological polar surface area (TPSA) is 64.3 Å². The Morgan fingerprint density at radius 1 is 1.67 bits per heavy atom. The summed E-state index contributed by atoms with van der Waals surface area (Å²) in [4.78, 5) is 11.4. The number of carbonyl (C=O) groups excluding carboxylic acids is 1. The lowest BCUT2D eigenvalue weighted by molar-refractivity contribution is 0.0589. The van der Waals surface area contributed by atoms with E-state index in [0.717, 1.165) is 0 Å². The van der Waals surface area contributed by atoms with Crippen LogP contribution in [0, 0.1) is 0 Å². The molecule has 0 aliphatic rings. The summed E-state index contributed by atoms with van der Waals surface area (Å²) in [6.45, 7) is 3.63. The number of ether oxygens (including phenoxy) is 1. The molecule has 1 heterocycles. The smallest absolute Gasteiger partial charge is 0.358 e. The summed E-state index contributed by atoms with van der Waals surface area (Å²) in [5.41, 5.74) is 0.455. The maximum absolute atomic E-state index is 11.4. The Morgan fingerprint density at radius 3 is 2.73 bits per heavy atom. The van der Waals surface area contributed by atoms with E-state index in [-0.39, 0.29) is 12.3 Å². The minimum atomic E-state index is -0.502. The van der Waals surface area contributed by atoms with E-state index in [1.165, 1.54) is 7.11 Å². The molecule has 0 amide bonds. The number of aromatic nitrogens is 2. The summed E-state index contributed by atoms with van der Waals surface area (Å²) in [6, 6.07) is 0. The highest BCUT2D eigenvalue weighted by molar-refractivity contribution is 5.89. The third-order valence-electron chi connectivity index (χ3n) is 2.33. The fourth-order valence-electron chi connectivity index (χ4n) is 1.32. The molecule has 5 nitrogen and oxygen atoms in total. The highest BCUT2D eigenvalue weighted by atomic mass is 16.5. The standard InChI is InChI=1S/C10H16N2O3/c1-10(2,6-13)7-5-12(3)11-8(7)9(14)15-4/h5,13H,6H2,1-4H3. The average molecular weight is 212 g/mol. The molecule has 15 heavy (non-hydrogen) atoms. The molecule has 0 bridgehead atoms. The average Bonchev–Trinajstić information content (AvgIpc) is 2.60. The van der Waals surface area contributed by atoms with Crippen molar-refractivity contribution < 1.29 is 14.6 Å². The monoisotopic (exact) mass is 212 g/mol. The Morgan fingerprint density at radius 2 is 2.27 bits per heavy atom. The van der Waals surface area contributed by atoms with E-state index >= 15 is 0 Å². The number of carbonyl (C=O) groups is 1. The molecule has 0 aliphatic heterocycles. The van der Waals surface area contributed by atoms with Crippen molar-refractivity contribution in [3.8, 4) is 0 Å². The van der Waals surface area contributed by atoms with Gasteiger partial charge in [0, 0.05) is 24.2 Å². The van der Waals surface area contributed by atoms with Crippen LogP contribution in [-0.2, 0) is 17.2 Å².